The Bertz CT molecular complexity index is 620. The minimum absolute atomic E-state index is 0.0293. The van der Waals surface area contributed by atoms with Crippen molar-refractivity contribution in [2.45, 2.75) is 19.5 Å². The highest BCUT2D eigenvalue weighted by molar-refractivity contribution is 5.30. The molecule has 1 atom stereocenters. The fourth-order valence-corrected chi connectivity index (χ4v) is 2.03. The van der Waals surface area contributed by atoms with Gasteiger partial charge in [-0.25, -0.2) is 0 Å². The van der Waals surface area contributed by atoms with E-state index in [9.17, 15) is 4.79 Å². The quantitative estimate of drug-likeness (QED) is 0.910. The smallest absolute Gasteiger partial charge is 0.250 e. The maximum absolute atomic E-state index is 11.8. The Morgan fingerprint density at radius 1 is 1.26 bits per heavy atom. The van der Waals surface area contributed by atoms with Crippen LogP contribution in [0.25, 0.3) is 0 Å². The first-order valence-corrected chi connectivity index (χ1v) is 6.18. The van der Waals surface area contributed by atoms with Crippen molar-refractivity contribution in [3.8, 4) is 5.75 Å². The van der Waals surface area contributed by atoms with Crippen molar-refractivity contribution in [3.63, 3.8) is 0 Å². The van der Waals surface area contributed by atoms with Crippen LogP contribution in [0.2, 0.25) is 0 Å². The Balaban J connectivity index is 2.25. The van der Waals surface area contributed by atoms with Crippen LogP contribution in [0, 0.1) is 6.92 Å². The maximum atomic E-state index is 11.8. The number of benzene rings is 1. The number of nitrogens with zero attached hydrogens (tertiary/aromatic N) is 1. The predicted octanol–water partition coefficient (Wildman–Crippen LogP) is 1.87. The fourth-order valence-electron chi connectivity index (χ4n) is 2.03. The van der Waals surface area contributed by atoms with Gasteiger partial charge in [0.05, 0.1) is 7.11 Å². The largest absolute Gasteiger partial charge is 0.497 e. The summed E-state index contributed by atoms with van der Waals surface area (Å²) in [7, 11) is 1.62. The van der Waals surface area contributed by atoms with E-state index in [0.29, 0.717) is 6.54 Å². The van der Waals surface area contributed by atoms with Gasteiger partial charge in [-0.2, -0.15) is 0 Å². The number of pyridine rings is 1. The second-order valence-electron chi connectivity index (χ2n) is 4.50. The number of hydrogen-bond acceptors (Lipinski definition) is 3. The molecule has 0 fully saturated rings. The van der Waals surface area contributed by atoms with Crippen LogP contribution in [0.3, 0.4) is 0 Å². The predicted molar refractivity (Wildman–Crippen MR) is 75.4 cm³/mol. The second kappa shape index (κ2) is 5.71. The zero-order valence-corrected chi connectivity index (χ0v) is 11.2. The molecule has 0 aliphatic carbocycles. The van der Waals surface area contributed by atoms with Crippen molar-refractivity contribution in [3.05, 3.63) is 64.1 Å². The van der Waals surface area contributed by atoms with E-state index in [4.69, 9.17) is 10.5 Å². The molecule has 0 aliphatic rings. The van der Waals surface area contributed by atoms with Crippen molar-refractivity contribution >= 4 is 0 Å². The SMILES string of the molecule is COc1cccc(C(N)Cn2c(C)cccc2=O)c1. The standard InChI is InChI=1S/C15H18N2O2/c1-11-5-3-8-15(18)17(11)10-14(16)12-6-4-7-13(9-12)19-2/h3-9,14H,10,16H2,1-2H3. The van der Waals surface area contributed by atoms with Crippen LogP contribution in [0.4, 0.5) is 0 Å². The third-order valence-electron chi connectivity index (χ3n) is 3.17. The molecular formula is C15H18N2O2. The highest BCUT2D eigenvalue weighted by Crippen LogP contribution is 2.18. The molecule has 0 radical (unpaired) electrons. The Kier molecular flexibility index (Phi) is 4.02. The van der Waals surface area contributed by atoms with Gasteiger partial charge in [0, 0.05) is 24.3 Å². The minimum atomic E-state index is -0.242. The molecule has 19 heavy (non-hydrogen) atoms. The lowest BCUT2D eigenvalue weighted by molar-refractivity contribution is 0.413. The molecule has 0 saturated carbocycles. The molecular weight excluding hydrogens is 240 g/mol. The van der Waals surface area contributed by atoms with Crippen LogP contribution in [-0.2, 0) is 6.54 Å². The number of rotatable bonds is 4. The molecule has 0 bridgehead atoms. The first-order chi connectivity index (χ1) is 9.11. The Morgan fingerprint density at radius 2 is 2.00 bits per heavy atom. The van der Waals surface area contributed by atoms with Crippen LogP contribution >= 0.6 is 0 Å². The lowest BCUT2D eigenvalue weighted by Gasteiger charge is -2.16. The summed E-state index contributed by atoms with van der Waals surface area (Å²) >= 11 is 0. The summed E-state index contributed by atoms with van der Waals surface area (Å²) in [6.45, 7) is 2.36. The summed E-state index contributed by atoms with van der Waals surface area (Å²) in [4.78, 5) is 11.8. The molecule has 0 amide bonds. The molecule has 1 aromatic heterocycles. The fraction of sp³-hybridized carbons (Fsp3) is 0.267. The van der Waals surface area contributed by atoms with Crippen LogP contribution in [0.15, 0.2) is 47.3 Å². The van der Waals surface area contributed by atoms with E-state index in [-0.39, 0.29) is 11.6 Å². The first kappa shape index (κ1) is 13.4. The monoisotopic (exact) mass is 258 g/mol. The maximum Gasteiger partial charge on any atom is 0.250 e. The van der Waals surface area contributed by atoms with Gasteiger partial charge >= 0.3 is 0 Å². The lowest BCUT2D eigenvalue weighted by Crippen LogP contribution is -2.27. The third-order valence-corrected chi connectivity index (χ3v) is 3.17. The van der Waals surface area contributed by atoms with Gasteiger partial charge in [-0.15, -0.1) is 0 Å². The summed E-state index contributed by atoms with van der Waals surface area (Å²) in [5, 5.41) is 0. The van der Waals surface area contributed by atoms with Crippen molar-refractivity contribution in [1.29, 1.82) is 0 Å². The van der Waals surface area contributed by atoms with Crippen molar-refractivity contribution in [2.24, 2.45) is 5.73 Å². The molecule has 1 heterocycles. The summed E-state index contributed by atoms with van der Waals surface area (Å²) < 4.78 is 6.86. The summed E-state index contributed by atoms with van der Waals surface area (Å²) in [6, 6.07) is 12.6. The van der Waals surface area contributed by atoms with Crippen molar-refractivity contribution in [2.75, 3.05) is 7.11 Å². The lowest BCUT2D eigenvalue weighted by atomic mass is 10.1. The van der Waals surface area contributed by atoms with E-state index in [1.807, 2.05) is 37.3 Å². The molecule has 2 rings (SSSR count). The minimum Gasteiger partial charge on any atom is -0.497 e. The average Bonchev–Trinajstić information content (AvgIpc) is 2.43. The molecule has 1 aromatic carbocycles. The van der Waals surface area contributed by atoms with Gasteiger partial charge in [0.15, 0.2) is 0 Å². The van der Waals surface area contributed by atoms with Crippen LogP contribution in [-0.4, -0.2) is 11.7 Å². The average molecular weight is 258 g/mol. The number of nitrogens with two attached hydrogens (primary N) is 1. The molecule has 2 aromatic rings. The summed E-state index contributed by atoms with van der Waals surface area (Å²) in [5.74, 6) is 0.769. The van der Waals surface area contributed by atoms with Gasteiger partial charge in [0.25, 0.3) is 5.56 Å². The number of hydrogen-bond donors (Lipinski definition) is 1. The molecule has 2 N–H and O–H groups in total. The summed E-state index contributed by atoms with van der Waals surface area (Å²) in [5.41, 5.74) is 8.01. The van der Waals surface area contributed by atoms with E-state index < -0.39 is 0 Å². The van der Waals surface area contributed by atoms with Gasteiger partial charge < -0.3 is 15.0 Å². The topological polar surface area (TPSA) is 57.2 Å². The number of aromatic nitrogens is 1. The van der Waals surface area contributed by atoms with Gasteiger partial charge in [-0.3, -0.25) is 4.79 Å². The molecule has 4 nitrogen and oxygen atoms in total. The van der Waals surface area contributed by atoms with E-state index in [2.05, 4.69) is 0 Å². The van der Waals surface area contributed by atoms with Crippen LogP contribution in [0.5, 0.6) is 5.75 Å². The normalized spacial score (nSPS) is 12.2. The Labute approximate surface area is 112 Å². The van der Waals surface area contributed by atoms with Crippen molar-refractivity contribution in [1.82, 2.24) is 4.57 Å². The number of methoxy groups -OCH3 is 1. The van der Waals surface area contributed by atoms with Crippen molar-refractivity contribution < 1.29 is 4.74 Å². The zero-order chi connectivity index (χ0) is 13.8. The second-order valence-corrected chi connectivity index (χ2v) is 4.50. The zero-order valence-electron chi connectivity index (χ0n) is 11.2. The highest BCUT2D eigenvalue weighted by atomic mass is 16.5. The van der Waals surface area contributed by atoms with Gasteiger partial charge in [-0.05, 0) is 30.7 Å². The van der Waals surface area contributed by atoms with E-state index >= 15 is 0 Å². The highest BCUT2D eigenvalue weighted by Gasteiger charge is 2.10. The van der Waals surface area contributed by atoms with Crippen LogP contribution in [0.1, 0.15) is 17.3 Å². The van der Waals surface area contributed by atoms with Gasteiger partial charge in [0.1, 0.15) is 5.75 Å². The first-order valence-electron chi connectivity index (χ1n) is 6.18. The van der Waals surface area contributed by atoms with E-state index in [1.165, 1.54) is 0 Å². The van der Waals surface area contributed by atoms with Gasteiger partial charge in [-0.1, -0.05) is 18.2 Å². The third kappa shape index (κ3) is 3.03. The van der Waals surface area contributed by atoms with E-state index in [0.717, 1.165) is 17.0 Å². The molecule has 0 saturated heterocycles. The number of aryl methyl sites for hydroxylation is 1. The molecule has 100 valence electrons. The molecule has 0 spiro atoms. The molecule has 1 unspecified atom stereocenters. The Hall–Kier alpha value is -2.07. The number of ether oxygens (including phenoxy) is 1. The van der Waals surface area contributed by atoms with E-state index in [1.54, 1.807) is 23.8 Å². The Morgan fingerprint density at radius 3 is 2.68 bits per heavy atom. The molecule has 4 heteroatoms. The van der Waals surface area contributed by atoms with Crippen LogP contribution < -0.4 is 16.0 Å². The summed E-state index contributed by atoms with van der Waals surface area (Å²) in [6.07, 6.45) is 0. The van der Waals surface area contributed by atoms with Gasteiger partial charge in [0.2, 0.25) is 0 Å². The molecule has 0 aliphatic heterocycles.